The SMILES string of the molecule is CN(CC1(O)CCCC1)c1ncc(Cl)cc1Cl. The van der Waals surface area contributed by atoms with Crippen molar-refractivity contribution in [2.45, 2.75) is 31.3 Å². The zero-order valence-corrected chi connectivity index (χ0v) is 11.3. The molecule has 0 amide bonds. The van der Waals surface area contributed by atoms with Gasteiger partial charge in [0.05, 0.1) is 15.6 Å². The number of halogens is 2. The van der Waals surface area contributed by atoms with E-state index in [0.29, 0.717) is 22.4 Å². The molecule has 1 saturated carbocycles. The summed E-state index contributed by atoms with van der Waals surface area (Å²) in [6.07, 6.45) is 5.45. The lowest BCUT2D eigenvalue weighted by molar-refractivity contribution is 0.0558. The Bertz CT molecular complexity index is 405. The zero-order chi connectivity index (χ0) is 12.5. The average molecular weight is 275 g/mol. The Morgan fingerprint density at radius 2 is 2.06 bits per heavy atom. The lowest BCUT2D eigenvalue weighted by Gasteiger charge is -2.29. The smallest absolute Gasteiger partial charge is 0.147 e. The molecule has 1 aliphatic rings. The van der Waals surface area contributed by atoms with Gasteiger partial charge < -0.3 is 10.0 Å². The Hall–Kier alpha value is -0.510. The fraction of sp³-hybridized carbons (Fsp3) is 0.583. The zero-order valence-electron chi connectivity index (χ0n) is 9.79. The molecule has 1 heterocycles. The van der Waals surface area contributed by atoms with Crippen molar-refractivity contribution in [2.75, 3.05) is 18.5 Å². The van der Waals surface area contributed by atoms with E-state index in [4.69, 9.17) is 23.2 Å². The molecule has 1 aromatic rings. The quantitative estimate of drug-likeness (QED) is 0.920. The van der Waals surface area contributed by atoms with Gasteiger partial charge in [-0.05, 0) is 18.9 Å². The van der Waals surface area contributed by atoms with E-state index in [2.05, 4.69) is 4.98 Å². The summed E-state index contributed by atoms with van der Waals surface area (Å²) in [6.45, 7) is 0.557. The van der Waals surface area contributed by atoms with Gasteiger partial charge in [-0.15, -0.1) is 0 Å². The maximum absolute atomic E-state index is 10.3. The van der Waals surface area contributed by atoms with Crippen molar-refractivity contribution < 1.29 is 5.11 Å². The van der Waals surface area contributed by atoms with Crippen LogP contribution in [0.25, 0.3) is 0 Å². The normalized spacial score (nSPS) is 18.4. The highest BCUT2D eigenvalue weighted by Gasteiger charge is 2.32. The Labute approximate surface area is 111 Å². The van der Waals surface area contributed by atoms with Crippen LogP contribution in [0.1, 0.15) is 25.7 Å². The molecule has 0 radical (unpaired) electrons. The predicted octanol–water partition coefficient (Wildman–Crippen LogP) is 3.13. The first-order valence-electron chi connectivity index (χ1n) is 5.75. The molecule has 0 bridgehead atoms. The van der Waals surface area contributed by atoms with Crippen LogP contribution in [0, 0.1) is 0 Å². The van der Waals surface area contributed by atoms with Gasteiger partial charge in [0.2, 0.25) is 0 Å². The second-order valence-corrected chi connectivity index (χ2v) is 5.59. The van der Waals surface area contributed by atoms with E-state index in [1.807, 2.05) is 11.9 Å². The molecule has 0 aliphatic heterocycles. The van der Waals surface area contributed by atoms with Crippen molar-refractivity contribution in [3.8, 4) is 0 Å². The molecule has 17 heavy (non-hydrogen) atoms. The van der Waals surface area contributed by atoms with Gasteiger partial charge in [0.1, 0.15) is 5.82 Å². The number of nitrogens with zero attached hydrogens (tertiary/aromatic N) is 2. The Kier molecular flexibility index (Phi) is 3.81. The third-order valence-corrected chi connectivity index (χ3v) is 3.70. The van der Waals surface area contributed by atoms with Crippen LogP contribution >= 0.6 is 23.2 Å². The van der Waals surface area contributed by atoms with E-state index >= 15 is 0 Å². The molecule has 5 heteroatoms. The summed E-state index contributed by atoms with van der Waals surface area (Å²) in [4.78, 5) is 6.09. The van der Waals surface area contributed by atoms with Crippen LogP contribution in [-0.2, 0) is 0 Å². The lowest BCUT2D eigenvalue weighted by Crippen LogP contribution is -2.39. The van der Waals surface area contributed by atoms with Gasteiger partial charge in [-0.3, -0.25) is 0 Å². The van der Waals surface area contributed by atoms with Gasteiger partial charge in [0.25, 0.3) is 0 Å². The molecule has 0 saturated heterocycles. The number of hydrogen-bond acceptors (Lipinski definition) is 3. The van der Waals surface area contributed by atoms with Crippen LogP contribution in [-0.4, -0.2) is 29.3 Å². The molecule has 1 fully saturated rings. The Morgan fingerprint density at radius 1 is 1.41 bits per heavy atom. The molecule has 0 spiro atoms. The van der Waals surface area contributed by atoms with Crippen molar-refractivity contribution in [3.63, 3.8) is 0 Å². The molecular formula is C12H16Cl2N2O. The van der Waals surface area contributed by atoms with E-state index in [0.717, 1.165) is 25.7 Å². The fourth-order valence-corrected chi connectivity index (χ4v) is 2.92. The number of rotatable bonds is 3. The summed E-state index contributed by atoms with van der Waals surface area (Å²) in [5, 5.41) is 11.4. The van der Waals surface area contributed by atoms with Crippen LogP contribution in [0.15, 0.2) is 12.3 Å². The summed E-state index contributed by atoms with van der Waals surface area (Å²) in [5.41, 5.74) is -0.598. The van der Waals surface area contributed by atoms with Crippen molar-refractivity contribution in [3.05, 3.63) is 22.3 Å². The number of hydrogen-bond donors (Lipinski definition) is 1. The molecule has 1 aliphatic carbocycles. The first-order chi connectivity index (χ1) is 8.00. The summed E-state index contributed by atoms with van der Waals surface area (Å²) >= 11 is 11.9. The molecule has 0 unspecified atom stereocenters. The number of aliphatic hydroxyl groups is 1. The fourth-order valence-electron chi connectivity index (χ4n) is 2.40. The molecule has 1 N–H and O–H groups in total. The van der Waals surface area contributed by atoms with Gasteiger partial charge >= 0.3 is 0 Å². The molecule has 2 rings (SSSR count). The minimum atomic E-state index is -0.598. The Balaban J connectivity index is 2.11. The first-order valence-corrected chi connectivity index (χ1v) is 6.50. The maximum Gasteiger partial charge on any atom is 0.147 e. The topological polar surface area (TPSA) is 36.4 Å². The Morgan fingerprint density at radius 3 is 2.65 bits per heavy atom. The monoisotopic (exact) mass is 274 g/mol. The van der Waals surface area contributed by atoms with Gasteiger partial charge in [-0.2, -0.15) is 0 Å². The summed E-state index contributed by atoms with van der Waals surface area (Å²) in [5.74, 6) is 0.663. The van der Waals surface area contributed by atoms with Crippen LogP contribution in [0.5, 0.6) is 0 Å². The van der Waals surface area contributed by atoms with E-state index in [-0.39, 0.29) is 0 Å². The largest absolute Gasteiger partial charge is 0.388 e. The van der Waals surface area contributed by atoms with E-state index in [9.17, 15) is 5.11 Å². The number of anilines is 1. The summed E-state index contributed by atoms with van der Waals surface area (Å²) in [6, 6.07) is 1.67. The second kappa shape index (κ2) is 5.01. The number of pyridine rings is 1. The summed E-state index contributed by atoms with van der Waals surface area (Å²) < 4.78 is 0. The van der Waals surface area contributed by atoms with E-state index in [1.165, 1.54) is 0 Å². The highest BCUT2D eigenvalue weighted by atomic mass is 35.5. The molecule has 0 atom stereocenters. The second-order valence-electron chi connectivity index (χ2n) is 4.75. The van der Waals surface area contributed by atoms with E-state index < -0.39 is 5.60 Å². The first kappa shape index (κ1) is 12.9. The maximum atomic E-state index is 10.3. The summed E-state index contributed by atoms with van der Waals surface area (Å²) in [7, 11) is 1.89. The van der Waals surface area contributed by atoms with E-state index in [1.54, 1.807) is 12.3 Å². The lowest BCUT2D eigenvalue weighted by atomic mass is 10.0. The van der Waals surface area contributed by atoms with Crippen LogP contribution in [0.4, 0.5) is 5.82 Å². The standard InChI is InChI=1S/C12H16Cl2N2O/c1-16(8-12(17)4-2-3-5-12)11-10(14)6-9(13)7-15-11/h6-7,17H,2-5,8H2,1H3. The van der Waals surface area contributed by atoms with Gasteiger partial charge in [0.15, 0.2) is 0 Å². The van der Waals surface area contributed by atoms with Crippen LogP contribution in [0.2, 0.25) is 10.0 Å². The molecule has 94 valence electrons. The molecule has 3 nitrogen and oxygen atoms in total. The number of aromatic nitrogens is 1. The highest BCUT2D eigenvalue weighted by molar-refractivity contribution is 6.35. The van der Waals surface area contributed by atoms with Crippen molar-refractivity contribution in [1.29, 1.82) is 0 Å². The van der Waals surface area contributed by atoms with Crippen LogP contribution in [0.3, 0.4) is 0 Å². The average Bonchev–Trinajstić information content (AvgIpc) is 2.64. The van der Waals surface area contributed by atoms with Crippen molar-refractivity contribution >= 4 is 29.0 Å². The highest BCUT2D eigenvalue weighted by Crippen LogP contribution is 2.32. The predicted molar refractivity (Wildman–Crippen MR) is 70.9 cm³/mol. The van der Waals surface area contributed by atoms with Gasteiger partial charge in [-0.1, -0.05) is 36.0 Å². The molecular weight excluding hydrogens is 259 g/mol. The van der Waals surface area contributed by atoms with Crippen molar-refractivity contribution in [2.24, 2.45) is 0 Å². The van der Waals surface area contributed by atoms with Gasteiger partial charge in [0, 0.05) is 19.8 Å². The third kappa shape index (κ3) is 3.03. The van der Waals surface area contributed by atoms with Crippen molar-refractivity contribution in [1.82, 2.24) is 4.98 Å². The van der Waals surface area contributed by atoms with Gasteiger partial charge in [-0.25, -0.2) is 4.98 Å². The van der Waals surface area contributed by atoms with Crippen LogP contribution < -0.4 is 4.90 Å². The molecule has 0 aromatic carbocycles. The minimum Gasteiger partial charge on any atom is -0.388 e. The third-order valence-electron chi connectivity index (χ3n) is 3.22. The molecule has 1 aromatic heterocycles. The minimum absolute atomic E-state index is 0.515. The number of likely N-dealkylation sites (N-methyl/N-ethyl adjacent to an activating group) is 1.